The second-order valence-corrected chi connectivity index (χ2v) is 6.74. The number of rotatable bonds is 6. The molecule has 0 amide bonds. The smallest absolute Gasteiger partial charge is 0.171 e. The molecule has 3 aromatic rings. The van der Waals surface area contributed by atoms with Crippen molar-refractivity contribution in [2.24, 2.45) is 0 Å². The highest BCUT2D eigenvalue weighted by Crippen LogP contribution is 2.29. The molecule has 0 radical (unpaired) electrons. The quantitative estimate of drug-likeness (QED) is 0.613. The van der Waals surface area contributed by atoms with Crippen LogP contribution in [-0.2, 0) is 6.54 Å². The number of anilines is 1. The predicted octanol–water partition coefficient (Wildman–Crippen LogP) is 4.52. The standard InChI is InChI=1S/C21H23N3O2S/c1-14(2)26-16-7-4-6-15(12-16)13-23-21(27)24-18-9-10-19(25-3)20-17(18)8-5-11-22-20/h4-12,14H,13H2,1-3H3,(H2,23,24,27). The molecule has 2 aromatic carbocycles. The molecule has 0 aliphatic carbocycles. The van der Waals surface area contributed by atoms with E-state index in [9.17, 15) is 0 Å². The number of aromatic nitrogens is 1. The van der Waals surface area contributed by atoms with Crippen LogP contribution >= 0.6 is 12.2 Å². The molecule has 0 fully saturated rings. The Labute approximate surface area is 164 Å². The Morgan fingerprint density at radius 1 is 1.15 bits per heavy atom. The first-order valence-electron chi connectivity index (χ1n) is 8.79. The van der Waals surface area contributed by atoms with Gasteiger partial charge in [-0.2, -0.15) is 0 Å². The van der Waals surface area contributed by atoms with Gasteiger partial charge in [-0.15, -0.1) is 0 Å². The number of nitrogens with zero attached hydrogens (tertiary/aromatic N) is 1. The molecule has 1 aromatic heterocycles. The van der Waals surface area contributed by atoms with Gasteiger partial charge in [0.2, 0.25) is 0 Å². The third-order valence-electron chi connectivity index (χ3n) is 3.92. The molecule has 2 N–H and O–H groups in total. The monoisotopic (exact) mass is 381 g/mol. The zero-order chi connectivity index (χ0) is 19.2. The van der Waals surface area contributed by atoms with Crippen LogP contribution in [0.2, 0.25) is 0 Å². The van der Waals surface area contributed by atoms with Gasteiger partial charge in [0.1, 0.15) is 17.0 Å². The Bertz CT molecular complexity index is 944. The lowest BCUT2D eigenvalue weighted by atomic mass is 10.1. The van der Waals surface area contributed by atoms with Gasteiger partial charge in [-0.3, -0.25) is 4.98 Å². The lowest BCUT2D eigenvalue weighted by molar-refractivity contribution is 0.242. The van der Waals surface area contributed by atoms with Gasteiger partial charge in [0.25, 0.3) is 0 Å². The Hall–Kier alpha value is -2.86. The van der Waals surface area contributed by atoms with E-state index >= 15 is 0 Å². The molecule has 3 rings (SSSR count). The summed E-state index contributed by atoms with van der Waals surface area (Å²) < 4.78 is 11.1. The van der Waals surface area contributed by atoms with E-state index in [4.69, 9.17) is 21.7 Å². The summed E-state index contributed by atoms with van der Waals surface area (Å²) in [5.74, 6) is 1.59. The minimum atomic E-state index is 0.146. The zero-order valence-corrected chi connectivity index (χ0v) is 16.5. The Morgan fingerprint density at radius 3 is 2.78 bits per heavy atom. The maximum atomic E-state index is 5.73. The van der Waals surface area contributed by atoms with Crippen LogP contribution in [-0.4, -0.2) is 23.3 Å². The molecule has 5 nitrogen and oxygen atoms in total. The lowest BCUT2D eigenvalue weighted by Crippen LogP contribution is -2.28. The van der Waals surface area contributed by atoms with Gasteiger partial charge in [0.05, 0.1) is 13.2 Å². The van der Waals surface area contributed by atoms with E-state index in [0.29, 0.717) is 11.7 Å². The van der Waals surface area contributed by atoms with Crippen molar-refractivity contribution in [3.63, 3.8) is 0 Å². The van der Waals surface area contributed by atoms with Gasteiger partial charge in [-0.05, 0) is 68.0 Å². The van der Waals surface area contributed by atoms with Gasteiger partial charge in [0, 0.05) is 23.8 Å². The normalized spacial score (nSPS) is 10.7. The third kappa shape index (κ3) is 4.86. The maximum absolute atomic E-state index is 5.73. The highest BCUT2D eigenvalue weighted by atomic mass is 32.1. The molecule has 1 heterocycles. The van der Waals surface area contributed by atoms with Crippen molar-refractivity contribution >= 4 is 33.9 Å². The second kappa shape index (κ2) is 8.68. The Balaban J connectivity index is 1.68. The third-order valence-corrected chi connectivity index (χ3v) is 4.17. The molecule has 140 valence electrons. The molecule has 0 aliphatic heterocycles. The van der Waals surface area contributed by atoms with Crippen molar-refractivity contribution in [2.45, 2.75) is 26.5 Å². The number of ether oxygens (including phenoxy) is 2. The minimum Gasteiger partial charge on any atom is -0.494 e. The molecule has 27 heavy (non-hydrogen) atoms. The minimum absolute atomic E-state index is 0.146. The van der Waals surface area contributed by atoms with E-state index in [1.54, 1.807) is 13.3 Å². The van der Waals surface area contributed by atoms with Gasteiger partial charge < -0.3 is 20.1 Å². The zero-order valence-electron chi connectivity index (χ0n) is 15.7. The molecule has 6 heteroatoms. The Kier molecular flexibility index (Phi) is 6.08. The summed E-state index contributed by atoms with van der Waals surface area (Å²) in [4.78, 5) is 4.40. The van der Waals surface area contributed by atoms with Crippen LogP contribution in [0, 0.1) is 0 Å². The topological polar surface area (TPSA) is 55.4 Å². The molecule has 0 spiro atoms. The van der Waals surface area contributed by atoms with Crippen molar-refractivity contribution < 1.29 is 9.47 Å². The second-order valence-electron chi connectivity index (χ2n) is 6.34. The molecule has 0 saturated carbocycles. The Morgan fingerprint density at radius 2 is 2.00 bits per heavy atom. The largest absolute Gasteiger partial charge is 0.494 e. The average molecular weight is 382 g/mol. The van der Waals surface area contributed by atoms with Crippen LogP contribution in [0.25, 0.3) is 10.9 Å². The highest BCUT2D eigenvalue weighted by Gasteiger charge is 2.08. The highest BCUT2D eigenvalue weighted by molar-refractivity contribution is 7.80. The maximum Gasteiger partial charge on any atom is 0.171 e. The number of hydrogen-bond acceptors (Lipinski definition) is 4. The summed E-state index contributed by atoms with van der Waals surface area (Å²) in [6.45, 7) is 4.63. The molecular weight excluding hydrogens is 358 g/mol. The predicted molar refractivity (Wildman–Crippen MR) is 114 cm³/mol. The van der Waals surface area contributed by atoms with Crippen molar-refractivity contribution in [3.8, 4) is 11.5 Å². The van der Waals surface area contributed by atoms with Crippen LogP contribution in [0.5, 0.6) is 11.5 Å². The fourth-order valence-corrected chi connectivity index (χ4v) is 2.95. The summed E-state index contributed by atoms with van der Waals surface area (Å²) >= 11 is 5.46. The van der Waals surface area contributed by atoms with Crippen LogP contribution in [0.15, 0.2) is 54.7 Å². The average Bonchev–Trinajstić information content (AvgIpc) is 2.66. The molecule has 0 bridgehead atoms. The molecule has 0 aliphatic rings. The van der Waals surface area contributed by atoms with Crippen LogP contribution in [0.1, 0.15) is 19.4 Å². The van der Waals surface area contributed by atoms with E-state index in [2.05, 4.69) is 15.6 Å². The summed E-state index contributed by atoms with van der Waals surface area (Å²) in [6.07, 6.45) is 1.89. The van der Waals surface area contributed by atoms with Crippen molar-refractivity contribution in [1.29, 1.82) is 0 Å². The number of methoxy groups -OCH3 is 1. The first kappa shape index (κ1) is 18.9. The summed E-state index contributed by atoms with van der Waals surface area (Å²) in [7, 11) is 1.64. The molecule has 0 saturated heterocycles. The first-order chi connectivity index (χ1) is 13.1. The van der Waals surface area contributed by atoms with Crippen LogP contribution in [0.3, 0.4) is 0 Å². The number of fused-ring (bicyclic) bond motifs is 1. The first-order valence-corrected chi connectivity index (χ1v) is 9.20. The number of thiocarbonyl (C=S) groups is 1. The fraction of sp³-hybridized carbons (Fsp3) is 0.238. The van der Waals surface area contributed by atoms with Gasteiger partial charge >= 0.3 is 0 Å². The number of hydrogen-bond donors (Lipinski definition) is 2. The number of pyridine rings is 1. The lowest BCUT2D eigenvalue weighted by Gasteiger charge is -2.14. The van der Waals surface area contributed by atoms with E-state index in [-0.39, 0.29) is 6.10 Å². The number of benzene rings is 2. The molecule has 0 atom stereocenters. The SMILES string of the molecule is COc1ccc(NC(=S)NCc2cccc(OC(C)C)c2)c2cccnc12. The van der Waals surface area contributed by atoms with E-state index in [1.807, 2.05) is 62.4 Å². The van der Waals surface area contributed by atoms with Crippen LogP contribution < -0.4 is 20.1 Å². The van der Waals surface area contributed by atoms with Crippen molar-refractivity contribution in [1.82, 2.24) is 10.3 Å². The molecule has 0 unspecified atom stereocenters. The molecular formula is C21H23N3O2S. The summed E-state index contributed by atoms with van der Waals surface area (Å²) in [6, 6.07) is 15.7. The van der Waals surface area contributed by atoms with Crippen molar-refractivity contribution in [3.05, 3.63) is 60.3 Å². The van der Waals surface area contributed by atoms with E-state index in [1.165, 1.54) is 0 Å². The van der Waals surface area contributed by atoms with Gasteiger partial charge in [-0.25, -0.2) is 0 Å². The van der Waals surface area contributed by atoms with Crippen molar-refractivity contribution in [2.75, 3.05) is 12.4 Å². The van der Waals surface area contributed by atoms with Gasteiger partial charge in [-0.1, -0.05) is 12.1 Å². The van der Waals surface area contributed by atoms with Crippen LogP contribution in [0.4, 0.5) is 5.69 Å². The summed E-state index contributed by atoms with van der Waals surface area (Å²) in [5.41, 5.74) is 2.78. The summed E-state index contributed by atoms with van der Waals surface area (Å²) in [5, 5.41) is 7.98. The van der Waals surface area contributed by atoms with Gasteiger partial charge in [0.15, 0.2) is 5.11 Å². The van der Waals surface area contributed by atoms with E-state index in [0.717, 1.165) is 33.7 Å². The van der Waals surface area contributed by atoms with E-state index < -0.39 is 0 Å². The fourth-order valence-electron chi connectivity index (χ4n) is 2.77. The number of nitrogens with one attached hydrogen (secondary N) is 2.